The first kappa shape index (κ1) is 14.0. The predicted molar refractivity (Wildman–Crippen MR) is 86.0 cm³/mol. The lowest BCUT2D eigenvalue weighted by Gasteiger charge is -2.13. The zero-order valence-electron chi connectivity index (χ0n) is 11.0. The molecule has 0 aliphatic heterocycles. The lowest BCUT2D eigenvalue weighted by Crippen LogP contribution is -2.18. The molecule has 19 heavy (non-hydrogen) atoms. The molecule has 2 aromatic rings. The molecule has 0 aliphatic carbocycles. The molecule has 0 heterocycles. The molecule has 1 N–H and O–H groups in total. The average molecular weight is 316 g/mol. The van der Waals surface area contributed by atoms with Crippen LogP contribution in [0.15, 0.2) is 65.1 Å². The van der Waals surface area contributed by atoms with Crippen molar-refractivity contribution in [2.75, 3.05) is 6.54 Å². The summed E-state index contributed by atoms with van der Waals surface area (Å²) >= 11 is 3.50. The maximum atomic E-state index is 3.50. The van der Waals surface area contributed by atoms with E-state index >= 15 is 0 Å². The van der Waals surface area contributed by atoms with Gasteiger partial charge in [-0.1, -0.05) is 70.5 Å². The summed E-state index contributed by atoms with van der Waals surface area (Å²) < 4.78 is 1.12. The molecule has 2 aromatic carbocycles. The molecule has 1 nitrogen and oxygen atoms in total. The Morgan fingerprint density at radius 3 is 2.63 bits per heavy atom. The van der Waals surface area contributed by atoms with Crippen molar-refractivity contribution >= 4 is 22.0 Å². The number of halogens is 1. The normalized spacial score (nSPS) is 12.7. The van der Waals surface area contributed by atoms with Gasteiger partial charge in [-0.15, -0.1) is 0 Å². The van der Waals surface area contributed by atoms with E-state index in [0.29, 0.717) is 6.04 Å². The second-order valence-corrected chi connectivity index (χ2v) is 5.41. The topological polar surface area (TPSA) is 12.0 Å². The molecule has 0 aromatic heterocycles. The highest BCUT2D eigenvalue weighted by Crippen LogP contribution is 2.17. The lowest BCUT2D eigenvalue weighted by molar-refractivity contribution is 0.618. The third-order valence-corrected chi connectivity index (χ3v) is 3.49. The van der Waals surface area contributed by atoms with Crippen LogP contribution >= 0.6 is 15.9 Å². The molecular weight excluding hydrogens is 298 g/mol. The van der Waals surface area contributed by atoms with E-state index in [1.54, 1.807) is 0 Å². The Labute approximate surface area is 123 Å². The van der Waals surface area contributed by atoms with Gasteiger partial charge in [0.2, 0.25) is 0 Å². The van der Waals surface area contributed by atoms with Gasteiger partial charge in [0.15, 0.2) is 0 Å². The summed E-state index contributed by atoms with van der Waals surface area (Å²) in [6.07, 6.45) is 4.30. The van der Waals surface area contributed by atoms with Crippen LogP contribution in [0.4, 0.5) is 0 Å². The van der Waals surface area contributed by atoms with Gasteiger partial charge in [-0.2, -0.15) is 0 Å². The first-order chi connectivity index (χ1) is 9.25. The van der Waals surface area contributed by atoms with Crippen molar-refractivity contribution in [1.82, 2.24) is 5.32 Å². The van der Waals surface area contributed by atoms with Crippen LogP contribution in [0.3, 0.4) is 0 Å². The number of rotatable bonds is 5. The maximum absolute atomic E-state index is 3.50. The van der Waals surface area contributed by atoms with Crippen molar-refractivity contribution in [1.29, 1.82) is 0 Å². The van der Waals surface area contributed by atoms with E-state index in [9.17, 15) is 0 Å². The van der Waals surface area contributed by atoms with E-state index < -0.39 is 0 Å². The van der Waals surface area contributed by atoms with Gasteiger partial charge < -0.3 is 5.32 Å². The molecule has 98 valence electrons. The van der Waals surface area contributed by atoms with E-state index in [4.69, 9.17) is 0 Å². The van der Waals surface area contributed by atoms with Crippen molar-refractivity contribution in [2.45, 2.75) is 13.0 Å². The number of nitrogens with one attached hydrogen (secondary N) is 1. The van der Waals surface area contributed by atoms with Gasteiger partial charge in [-0.05, 0) is 30.2 Å². The minimum absolute atomic E-state index is 0.345. The molecule has 0 radical (unpaired) electrons. The fourth-order valence-electron chi connectivity index (χ4n) is 1.90. The molecular formula is C17H18BrN. The molecule has 0 fully saturated rings. The quantitative estimate of drug-likeness (QED) is 0.834. The summed E-state index contributed by atoms with van der Waals surface area (Å²) in [7, 11) is 0. The number of hydrogen-bond donors (Lipinski definition) is 1. The lowest BCUT2D eigenvalue weighted by atomic mass is 10.1. The fourth-order valence-corrected chi connectivity index (χ4v) is 2.31. The van der Waals surface area contributed by atoms with E-state index in [2.05, 4.69) is 82.8 Å². The van der Waals surface area contributed by atoms with Crippen LogP contribution in [0.5, 0.6) is 0 Å². The molecule has 2 heteroatoms. The SMILES string of the molecule is CC(NCC=Cc1ccccc1)c1cccc(Br)c1. The van der Waals surface area contributed by atoms with Crippen LogP contribution in [-0.2, 0) is 0 Å². The highest BCUT2D eigenvalue weighted by atomic mass is 79.9. The van der Waals surface area contributed by atoms with Crippen LogP contribution in [0.1, 0.15) is 24.1 Å². The third kappa shape index (κ3) is 4.66. The molecule has 0 amide bonds. The summed E-state index contributed by atoms with van der Waals surface area (Å²) in [6, 6.07) is 19.1. The monoisotopic (exact) mass is 315 g/mol. The summed E-state index contributed by atoms with van der Waals surface area (Å²) in [5.74, 6) is 0. The van der Waals surface area contributed by atoms with Crippen LogP contribution in [-0.4, -0.2) is 6.54 Å². The predicted octanol–water partition coefficient (Wildman–Crippen LogP) is 4.81. The first-order valence-corrected chi connectivity index (χ1v) is 7.25. The molecule has 0 spiro atoms. The van der Waals surface area contributed by atoms with Crippen LogP contribution < -0.4 is 5.32 Å². The van der Waals surface area contributed by atoms with Crippen molar-refractivity contribution in [2.24, 2.45) is 0 Å². The zero-order valence-corrected chi connectivity index (χ0v) is 12.6. The maximum Gasteiger partial charge on any atom is 0.0295 e. The minimum Gasteiger partial charge on any atom is -0.307 e. The molecule has 0 saturated carbocycles. The third-order valence-electron chi connectivity index (χ3n) is 3.00. The highest BCUT2D eigenvalue weighted by Gasteiger charge is 2.03. The van der Waals surface area contributed by atoms with E-state index in [0.717, 1.165) is 11.0 Å². The van der Waals surface area contributed by atoms with Gasteiger partial charge in [0.05, 0.1) is 0 Å². The van der Waals surface area contributed by atoms with Gasteiger partial charge >= 0.3 is 0 Å². The van der Waals surface area contributed by atoms with Crippen LogP contribution in [0.2, 0.25) is 0 Å². The van der Waals surface area contributed by atoms with Gasteiger partial charge in [0.25, 0.3) is 0 Å². The Kier molecular flexibility index (Phi) is 5.37. The fraction of sp³-hybridized carbons (Fsp3) is 0.176. The molecule has 2 rings (SSSR count). The van der Waals surface area contributed by atoms with Crippen LogP contribution in [0.25, 0.3) is 6.08 Å². The summed E-state index contributed by atoms with van der Waals surface area (Å²) in [5, 5.41) is 3.49. The first-order valence-electron chi connectivity index (χ1n) is 6.46. The summed E-state index contributed by atoms with van der Waals surface area (Å²) in [6.45, 7) is 3.04. The Morgan fingerprint density at radius 1 is 1.11 bits per heavy atom. The second-order valence-electron chi connectivity index (χ2n) is 4.50. The molecule has 1 atom stereocenters. The molecule has 0 bridgehead atoms. The van der Waals surface area contributed by atoms with E-state index in [1.807, 2.05) is 12.1 Å². The smallest absolute Gasteiger partial charge is 0.0295 e. The largest absolute Gasteiger partial charge is 0.307 e. The minimum atomic E-state index is 0.345. The zero-order chi connectivity index (χ0) is 13.5. The molecule has 0 saturated heterocycles. The van der Waals surface area contributed by atoms with Gasteiger partial charge in [-0.25, -0.2) is 0 Å². The Balaban J connectivity index is 1.84. The Morgan fingerprint density at radius 2 is 1.89 bits per heavy atom. The van der Waals surface area contributed by atoms with Gasteiger partial charge in [0.1, 0.15) is 0 Å². The Bertz CT molecular complexity index is 534. The van der Waals surface area contributed by atoms with E-state index in [1.165, 1.54) is 11.1 Å². The summed E-state index contributed by atoms with van der Waals surface area (Å²) in [5.41, 5.74) is 2.53. The van der Waals surface area contributed by atoms with Crippen molar-refractivity contribution < 1.29 is 0 Å². The second kappa shape index (κ2) is 7.27. The summed E-state index contributed by atoms with van der Waals surface area (Å²) in [4.78, 5) is 0. The number of hydrogen-bond acceptors (Lipinski definition) is 1. The van der Waals surface area contributed by atoms with Crippen molar-refractivity contribution in [3.8, 4) is 0 Å². The number of benzene rings is 2. The highest BCUT2D eigenvalue weighted by molar-refractivity contribution is 9.10. The van der Waals surface area contributed by atoms with Gasteiger partial charge in [0, 0.05) is 17.1 Å². The van der Waals surface area contributed by atoms with E-state index in [-0.39, 0.29) is 0 Å². The van der Waals surface area contributed by atoms with Crippen LogP contribution in [0, 0.1) is 0 Å². The Hall–Kier alpha value is -1.38. The van der Waals surface area contributed by atoms with Crippen molar-refractivity contribution in [3.05, 3.63) is 76.3 Å². The van der Waals surface area contributed by atoms with Gasteiger partial charge in [-0.3, -0.25) is 0 Å². The standard InChI is InChI=1S/C17H18BrN/c1-14(16-10-5-11-17(18)13-16)19-12-6-9-15-7-3-2-4-8-15/h2-11,13-14,19H,12H2,1H3. The average Bonchev–Trinajstić information content (AvgIpc) is 2.44. The molecule has 1 unspecified atom stereocenters. The van der Waals surface area contributed by atoms with Crippen molar-refractivity contribution in [3.63, 3.8) is 0 Å². The molecule has 0 aliphatic rings.